The summed E-state index contributed by atoms with van der Waals surface area (Å²) in [6, 6.07) is 5.12. The lowest BCUT2D eigenvalue weighted by molar-refractivity contribution is 0.577. The van der Waals surface area contributed by atoms with Gasteiger partial charge in [0.15, 0.2) is 0 Å². The van der Waals surface area contributed by atoms with E-state index in [0.717, 1.165) is 5.33 Å². The Labute approximate surface area is 99.0 Å². The van der Waals surface area contributed by atoms with Gasteiger partial charge in [-0.05, 0) is 47.4 Å². The summed E-state index contributed by atoms with van der Waals surface area (Å²) in [4.78, 5) is 0. The number of hydrogen-bond donors (Lipinski definition) is 0. The molecule has 0 heterocycles. The van der Waals surface area contributed by atoms with Crippen molar-refractivity contribution in [2.24, 2.45) is 11.3 Å². The van der Waals surface area contributed by atoms with E-state index >= 15 is 0 Å². The van der Waals surface area contributed by atoms with Crippen molar-refractivity contribution < 1.29 is 4.39 Å². The van der Waals surface area contributed by atoms with Crippen LogP contribution < -0.4 is 0 Å². The normalized spacial score (nSPS) is 27.8. The maximum atomic E-state index is 13.2. The van der Waals surface area contributed by atoms with Crippen LogP contribution in [0.5, 0.6) is 0 Å². The Bertz CT molecular complexity index is 384. The van der Waals surface area contributed by atoms with Crippen molar-refractivity contribution in [1.82, 2.24) is 0 Å². The molecule has 2 rings (SSSR count). The topological polar surface area (TPSA) is 0 Å². The molecule has 2 unspecified atom stereocenters. The minimum absolute atomic E-state index is 0.119. The van der Waals surface area contributed by atoms with Crippen LogP contribution in [-0.2, 0) is 0 Å². The molecule has 0 aromatic heterocycles. The van der Waals surface area contributed by atoms with E-state index in [1.54, 1.807) is 6.07 Å². The largest absolute Gasteiger partial charge is 0.207 e. The van der Waals surface area contributed by atoms with Crippen LogP contribution in [0.25, 0.3) is 0 Å². The van der Waals surface area contributed by atoms with Gasteiger partial charge in [0.1, 0.15) is 5.82 Å². The summed E-state index contributed by atoms with van der Waals surface area (Å²) < 4.78 is 13.2. The van der Waals surface area contributed by atoms with Gasteiger partial charge in [0.25, 0.3) is 0 Å². The summed E-state index contributed by atoms with van der Waals surface area (Å²) in [7, 11) is 0. The first-order valence-electron chi connectivity index (χ1n) is 5.30. The number of hydrogen-bond acceptors (Lipinski definition) is 0. The third kappa shape index (κ3) is 1.73. The Kier molecular flexibility index (Phi) is 2.66. The zero-order chi connectivity index (χ0) is 11.2. The molecule has 0 N–H and O–H groups in total. The van der Waals surface area contributed by atoms with Crippen LogP contribution in [0.4, 0.5) is 4.39 Å². The molecule has 0 amide bonds. The third-order valence-corrected chi connectivity index (χ3v) is 4.49. The standard InChI is InChI=1S/C13H16BrF/c1-8-4-5-9(15)6-10(8)12-11(7-14)13(12,2)3/h4-6,11-12H,7H2,1-3H3. The lowest BCUT2D eigenvalue weighted by Crippen LogP contribution is -1.93. The summed E-state index contributed by atoms with van der Waals surface area (Å²) in [6.07, 6.45) is 0. The number of aryl methyl sites for hydroxylation is 1. The molecule has 82 valence electrons. The summed E-state index contributed by atoms with van der Waals surface area (Å²) in [6.45, 7) is 6.58. The monoisotopic (exact) mass is 270 g/mol. The van der Waals surface area contributed by atoms with Crippen molar-refractivity contribution in [3.63, 3.8) is 0 Å². The van der Waals surface area contributed by atoms with Gasteiger partial charge >= 0.3 is 0 Å². The molecule has 15 heavy (non-hydrogen) atoms. The van der Waals surface area contributed by atoms with Gasteiger partial charge < -0.3 is 0 Å². The molecule has 1 saturated carbocycles. The first kappa shape index (κ1) is 11.1. The van der Waals surface area contributed by atoms with Crippen LogP contribution >= 0.6 is 15.9 Å². The predicted octanol–water partition coefficient (Wildman–Crippen LogP) is 4.27. The second-order valence-electron chi connectivity index (χ2n) is 5.06. The van der Waals surface area contributed by atoms with Crippen molar-refractivity contribution in [2.45, 2.75) is 26.7 Å². The lowest BCUT2D eigenvalue weighted by atomic mass is 9.99. The van der Waals surface area contributed by atoms with E-state index in [4.69, 9.17) is 0 Å². The van der Waals surface area contributed by atoms with Crippen LogP contribution in [0.2, 0.25) is 0 Å². The minimum atomic E-state index is -0.119. The quantitative estimate of drug-likeness (QED) is 0.705. The maximum absolute atomic E-state index is 13.2. The zero-order valence-corrected chi connectivity index (χ0v) is 10.9. The molecule has 1 fully saturated rings. The van der Waals surface area contributed by atoms with Crippen LogP contribution in [0.3, 0.4) is 0 Å². The van der Waals surface area contributed by atoms with Crippen LogP contribution in [0.1, 0.15) is 30.9 Å². The van der Waals surface area contributed by atoms with Gasteiger partial charge in [-0.15, -0.1) is 0 Å². The van der Waals surface area contributed by atoms with E-state index in [9.17, 15) is 4.39 Å². The van der Waals surface area contributed by atoms with Gasteiger partial charge in [0, 0.05) is 5.33 Å². The summed E-state index contributed by atoms with van der Waals surface area (Å²) in [5.74, 6) is 1.03. The Morgan fingerprint density at radius 1 is 1.40 bits per heavy atom. The van der Waals surface area contributed by atoms with Gasteiger partial charge in [-0.1, -0.05) is 35.8 Å². The average molecular weight is 271 g/mol. The lowest BCUT2D eigenvalue weighted by Gasteiger charge is -2.07. The summed E-state index contributed by atoms with van der Waals surface area (Å²) in [5, 5.41) is 1.00. The molecule has 1 aliphatic rings. The van der Waals surface area contributed by atoms with Gasteiger partial charge in [-0.3, -0.25) is 0 Å². The van der Waals surface area contributed by atoms with E-state index in [2.05, 4.69) is 36.7 Å². The Balaban J connectivity index is 2.36. The van der Waals surface area contributed by atoms with E-state index in [1.807, 2.05) is 6.07 Å². The Morgan fingerprint density at radius 2 is 2.07 bits per heavy atom. The molecule has 1 aromatic carbocycles. The highest BCUT2D eigenvalue weighted by atomic mass is 79.9. The Morgan fingerprint density at radius 3 is 2.60 bits per heavy atom. The minimum Gasteiger partial charge on any atom is -0.207 e. The fraction of sp³-hybridized carbons (Fsp3) is 0.538. The van der Waals surface area contributed by atoms with E-state index in [-0.39, 0.29) is 5.82 Å². The zero-order valence-electron chi connectivity index (χ0n) is 9.35. The summed E-state index contributed by atoms with van der Waals surface area (Å²) in [5.41, 5.74) is 2.70. The average Bonchev–Trinajstić information content (AvgIpc) is 2.72. The number of halogens is 2. The second kappa shape index (κ2) is 3.58. The van der Waals surface area contributed by atoms with Crippen molar-refractivity contribution in [1.29, 1.82) is 0 Å². The number of benzene rings is 1. The molecule has 0 bridgehead atoms. The molecule has 0 spiro atoms. The molecular formula is C13H16BrF. The Hall–Kier alpha value is -0.370. The van der Waals surface area contributed by atoms with E-state index in [1.165, 1.54) is 17.2 Å². The molecule has 2 heteroatoms. The fourth-order valence-corrected chi connectivity index (χ4v) is 3.80. The maximum Gasteiger partial charge on any atom is 0.123 e. The molecule has 0 nitrogen and oxygen atoms in total. The van der Waals surface area contributed by atoms with Crippen molar-refractivity contribution in [3.05, 3.63) is 35.1 Å². The molecular weight excluding hydrogens is 255 g/mol. The van der Waals surface area contributed by atoms with Gasteiger partial charge in [0.05, 0.1) is 0 Å². The first-order chi connectivity index (χ1) is 6.98. The van der Waals surface area contributed by atoms with Crippen molar-refractivity contribution in [3.8, 4) is 0 Å². The molecule has 1 aliphatic carbocycles. The van der Waals surface area contributed by atoms with Crippen LogP contribution in [0, 0.1) is 24.1 Å². The molecule has 1 aromatic rings. The van der Waals surface area contributed by atoms with E-state index in [0.29, 0.717) is 17.3 Å². The van der Waals surface area contributed by atoms with Crippen molar-refractivity contribution >= 4 is 15.9 Å². The molecule has 0 radical (unpaired) electrons. The highest BCUT2D eigenvalue weighted by molar-refractivity contribution is 9.09. The fourth-order valence-electron chi connectivity index (χ4n) is 2.60. The molecule has 0 saturated heterocycles. The SMILES string of the molecule is Cc1ccc(F)cc1C1C(CBr)C1(C)C. The third-order valence-electron chi connectivity index (χ3n) is 3.79. The first-order valence-corrected chi connectivity index (χ1v) is 6.42. The highest BCUT2D eigenvalue weighted by Gasteiger charge is 2.57. The van der Waals surface area contributed by atoms with Crippen LogP contribution in [0.15, 0.2) is 18.2 Å². The van der Waals surface area contributed by atoms with Gasteiger partial charge in [0.2, 0.25) is 0 Å². The molecule has 0 aliphatic heterocycles. The van der Waals surface area contributed by atoms with E-state index < -0.39 is 0 Å². The number of rotatable bonds is 2. The smallest absolute Gasteiger partial charge is 0.123 e. The van der Waals surface area contributed by atoms with Crippen LogP contribution in [-0.4, -0.2) is 5.33 Å². The van der Waals surface area contributed by atoms with Crippen molar-refractivity contribution in [2.75, 3.05) is 5.33 Å². The second-order valence-corrected chi connectivity index (χ2v) is 5.71. The molecule has 2 atom stereocenters. The highest BCUT2D eigenvalue weighted by Crippen LogP contribution is 2.65. The van der Waals surface area contributed by atoms with Gasteiger partial charge in [-0.2, -0.15) is 0 Å². The number of alkyl halides is 1. The predicted molar refractivity (Wildman–Crippen MR) is 64.9 cm³/mol. The summed E-state index contributed by atoms with van der Waals surface area (Å²) >= 11 is 3.54. The van der Waals surface area contributed by atoms with Gasteiger partial charge in [-0.25, -0.2) is 4.39 Å².